The second kappa shape index (κ2) is 8.89. The Kier molecular flexibility index (Phi) is 5.77. The van der Waals surface area contributed by atoms with E-state index in [0.717, 1.165) is 24.8 Å². The molecule has 176 valence electrons. The summed E-state index contributed by atoms with van der Waals surface area (Å²) in [7, 11) is 1.56. The molecule has 0 saturated carbocycles. The van der Waals surface area contributed by atoms with Gasteiger partial charge >= 0.3 is 5.69 Å². The third-order valence-corrected chi connectivity index (χ3v) is 6.61. The molecule has 2 aromatic carbocycles. The van der Waals surface area contributed by atoms with Crippen molar-refractivity contribution in [2.75, 3.05) is 18.0 Å². The maximum atomic E-state index is 14.5. The molecule has 0 radical (unpaired) electrons. The summed E-state index contributed by atoms with van der Waals surface area (Å²) >= 11 is 0. The van der Waals surface area contributed by atoms with Crippen molar-refractivity contribution in [3.63, 3.8) is 0 Å². The highest BCUT2D eigenvalue weighted by molar-refractivity contribution is 5.74. The van der Waals surface area contributed by atoms with E-state index in [1.54, 1.807) is 29.8 Å². The van der Waals surface area contributed by atoms with Gasteiger partial charge in [-0.15, -0.1) is 0 Å². The lowest BCUT2D eigenvalue weighted by Gasteiger charge is -2.33. The highest BCUT2D eigenvalue weighted by Gasteiger charge is 2.26. The second-order valence-corrected chi connectivity index (χ2v) is 8.84. The van der Waals surface area contributed by atoms with Crippen molar-refractivity contribution in [2.45, 2.75) is 25.8 Å². The van der Waals surface area contributed by atoms with Crippen molar-refractivity contribution < 1.29 is 8.78 Å². The maximum Gasteiger partial charge on any atom is 0.329 e. The zero-order valence-corrected chi connectivity index (χ0v) is 18.8. The van der Waals surface area contributed by atoms with Crippen LogP contribution in [0.15, 0.2) is 58.1 Å². The average Bonchev–Trinajstić information content (AvgIpc) is 3.21. The Labute approximate surface area is 194 Å². The van der Waals surface area contributed by atoms with Crippen LogP contribution in [-0.2, 0) is 20.0 Å². The number of rotatable bonds is 5. The summed E-state index contributed by atoms with van der Waals surface area (Å²) in [4.78, 5) is 34.0. The van der Waals surface area contributed by atoms with Gasteiger partial charge in [-0.2, -0.15) is 4.98 Å². The number of benzene rings is 2. The van der Waals surface area contributed by atoms with E-state index in [4.69, 9.17) is 0 Å². The van der Waals surface area contributed by atoms with Gasteiger partial charge in [-0.25, -0.2) is 13.6 Å². The minimum absolute atomic E-state index is 0.120. The fourth-order valence-corrected chi connectivity index (χ4v) is 4.70. The average molecular weight is 466 g/mol. The molecular formula is C25H25F2N5O2. The SMILES string of the molecule is Cn1c(=O)[nH]c(=O)c2c1nc(N1CCC(Cc3ccc(F)cc3)CC1)n2Cc1ccccc1F. The van der Waals surface area contributed by atoms with Gasteiger partial charge in [0.2, 0.25) is 5.95 Å². The predicted octanol–water partition coefficient (Wildman–Crippen LogP) is 3.21. The van der Waals surface area contributed by atoms with E-state index in [2.05, 4.69) is 14.9 Å². The van der Waals surface area contributed by atoms with Gasteiger partial charge in [0.25, 0.3) is 5.56 Å². The first kappa shape index (κ1) is 22.1. The maximum absolute atomic E-state index is 14.5. The van der Waals surface area contributed by atoms with Crippen LogP contribution in [-0.4, -0.2) is 32.2 Å². The number of nitrogens with zero attached hydrogens (tertiary/aromatic N) is 4. The lowest BCUT2D eigenvalue weighted by Crippen LogP contribution is -2.36. The topological polar surface area (TPSA) is 75.9 Å². The number of hydrogen-bond donors (Lipinski definition) is 1. The first-order valence-corrected chi connectivity index (χ1v) is 11.3. The molecular weight excluding hydrogens is 440 g/mol. The number of H-pyrrole nitrogens is 1. The van der Waals surface area contributed by atoms with Crippen LogP contribution in [0, 0.1) is 17.6 Å². The number of aromatic amines is 1. The number of hydrogen-bond acceptors (Lipinski definition) is 4. The molecule has 0 unspecified atom stereocenters. The van der Waals surface area contributed by atoms with Crippen LogP contribution in [0.2, 0.25) is 0 Å². The molecule has 7 nitrogen and oxygen atoms in total. The third-order valence-electron chi connectivity index (χ3n) is 6.61. The van der Waals surface area contributed by atoms with Crippen molar-refractivity contribution in [2.24, 2.45) is 13.0 Å². The van der Waals surface area contributed by atoms with E-state index in [1.807, 2.05) is 12.1 Å². The molecule has 0 spiro atoms. The number of halogens is 2. The van der Waals surface area contributed by atoms with Crippen molar-refractivity contribution in [3.8, 4) is 0 Å². The van der Waals surface area contributed by atoms with Crippen LogP contribution >= 0.6 is 0 Å². The number of imidazole rings is 1. The van der Waals surface area contributed by atoms with Gasteiger partial charge in [0.05, 0.1) is 6.54 Å². The van der Waals surface area contributed by atoms with Crippen molar-refractivity contribution in [1.29, 1.82) is 0 Å². The zero-order chi connectivity index (χ0) is 23.8. The lowest BCUT2D eigenvalue weighted by molar-refractivity contribution is 0.398. The molecule has 1 aliphatic rings. The molecule has 0 amide bonds. The Balaban J connectivity index is 1.47. The molecule has 5 rings (SSSR count). The van der Waals surface area contributed by atoms with E-state index in [9.17, 15) is 18.4 Å². The molecule has 0 atom stereocenters. The van der Waals surface area contributed by atoms with Crippen LogP contribution in [0.3, 0.4) is 0 Å². The quantitative estimate of drug-likeness (QED) is 0.491. The summed E-state index contributed by atoms with van der Waals surface area (Å²) in [5, 5.41) is 0. The number of anilines is 1. The van der Waals surface area contributed by atoms with E-state index in [-0.39, 0.29) is 29.3 Å². The predicted molar refractivity (Wildman–Crippen MR) is 126 cm³/mol. The molecule has 1 N–H and O–H groups in total. The van der Waals surface area contributed by atoms with E-state index in [1.165, 1.54) is 22.8 Å². The molecule has 1 aliphatic heterocycles. The second-order valence-electron chi connectivity index (χ2n) is 8.84. The smallest absolute Gasteiger partial charge is 0.329 e. The summed E-state index contributed by atoms with van der Waals surface area (Å²) in [6.45, 7) is 1.53. The largest absolute Gasteiger partial charge is 0.342 e. The Morgan fingerprint density at radius 3 is 2.44 bits per heavy atom. The van der Waals surface area contributed by atoms with Gasteiger partial charge in [0, 0.05) is 25.7 Å². The summed E-state index contributed by atoms with van der Waals surface area (Å²) in [6, 6.07) is 13.0. The highest BCUT2D eigenvalue weighted by Crippen LogP contribution is 2.28. The van der Waals surface area contributed by atoms with Crippen molar-refractivity contribution in [1.82, 2.24) is 19.1 Å². The van der Waals surface area contributed by atoms with Crippen LogP contribution in [0.1, 0.15) is 24.0 Å². The van der Waals surface area contributed by atoms with Gasteiger partial charge in [-0.3, -0.25) is 18.9 Å². The molecule has 1 saturated heterocycles. The fourth-order valence-electron chi connectivity index (χ4n) is 4.70. The van der Waals surface area contributed by atoms with Crippen LogP contribution in [0.25, 0.3) is 11.2 Å². The summed E-state index contributed by atoms with van der Waals surface area (Å²) in [5.74, 6) is 0.385. The Hall–Kier alpha value is -3.75. The number of aryl methyl sites for hydroxylation is 1. The third kappa shape index (κ3) is 4.13. The highest BCUT2D eigenvalue weighted by atomic mass is 19.1. The van der Waals surface area contributed by atoms with Crippen LogP contribution in [0.5, 0.6) is 0 Å². The Bertz CT molecular complexity index is 1450. The molecule has 3 heterocycles. The first-order valence-electron chi connectivity index (χ1n) is 11.3. The molecule has 0 bridgehead atoms. The van der Waals surface area contributed by atoms with Gasteiger partial charge in [-0.1, -0.05) is 30.3 Å². The van der Waals surface area contributed by atoms with Gasteiger partial charge in [0.1, 0.15) is 11.6 Å². The van der Waals surface area contributed by atoms with E-state index >= 15 is 0 Å². The van der Waals surface area contributed by atoms with Gasteiger partial charge in [-0.05, 0) is 48.9 Å². The minimum Gasteiger partial charge on any atom is -0.342 e. The zero-order valence-electron chi connectivity index (χ0n) is 18.8. The normalized spacial score (nSPS) is 14.7. The molecule has 9 heteroatoms. The van der Waals surface area contributed by atoms with E-state index in [0.29, 0.717) is 30.5 Å². The number of fused-ring (bicyclic) bond motifs is 1. The summed E-state index contributed by atoms with van der Waals surface area (Å²) in [5.41, 5.74) is 0.968. The fraction of sp³-hybridized carbons (Fsp3) is 0.320. The van der Waals surface area contributed by atoms with E-state index < -0.39 is 11.2 Å². The summed E-state index contributed by atoms with van der Waals surface area (Å²) < 4.78 is 30.7. The lowest BCUT2D eigenvalue weighted by atomic mass is 9.90. The molecule has 1 fully saturated rings. The van der Waals surface area contributed by atoms with Gasteiger partial charge < -0.3 is 4.90 Å². The van der Waals surface area contributed by atoms with Crippen LogP contribution in [0.4, 0.5) is 14.7 Å². The molecule has 0 aliphatic carbocycles. The number of aromatic nitrogens is 4. The first-order chi connectivity index (χ1) is 16.4. The van der Waals surface area contributed by atoms with Crippen molar-refractivity contribution >= 4 is 17.1 Å². The number of nitrogens with one attached hydrogen (secondary N) is 1. The monoisotopic (exact) mass is 465 g/mol. The van der Waals surface area contributed by atoms with Crippen LogP contribution < -0.4 is 16.1 Å². The van der Waals surface area contributed by atoms with Crippen molar-refractivity contribution in [3.05, 3.63) is 92.1 Å². The Morgan fingerprint density at radius 2 is 1.74 bits per heavy atom. The molecule has 4 aromatic rings. The number of piperidine rings is 1. The summed E-state index contributed by atoms with van der Waals surface area (Å²) in [6.07, 6.45) is 2.67. The van der Waals surface area contributed by atoms with Gasteiger partial charge in [0.15, 0.2) is 11.2 Å². The minimum atomic E-state index is -0.544. The standard InChI is InChI=1S/C25H25F2N5O2/c1-30-22-21(23(33)29-25(30)34)32(15-18-4-2-3-5-20(18)27)24(28-22)31-12-10-17(11-13-31)14-16-6-8-19(26)9-7-16/h2-9,17H,10-15H2,1H3,(H,29,33,34). The Morgan fingerprint density at radius 1 is 1.03 bits per heavy atom. The molecule has 2 aromatic heterocycles. The molecule has 34 heavy (non-hydrogen) atoms.